The molecule has 0 spiro atoms. The fraction of sp³-hybridized carbons (Fsp3) is 0.118. The van der Waals surface area contributed by atoms with E-state index in [0.29, 0.717) is 10.9 Å². The molecule has 1 atom stereocenters. The Kier molecular flexibility index (Phi) is 5.73. The summed E-state index contributed by atoms with van der Waals surface area (Å²) in [5.41, 5.74) is 1.23. The van der Waals surface area contributed by atoms with Crippen LogP contribution in [0.4, 0.5) is 4.39 Å². The number of hydrogen-bond donors (Lipinski definition) is 0. The number of aromatic nitrogens is 2. The van der Waals surface area contributed by atoms with Gasteiger partial charge in [0.05, 0.1) is 23.3 Å². The fourth-order valence-corrected chi connectivity index (χ4v) is 2.66. The van der Waals surface area contributed by atoms with Gasteiger partial charge >= 0.3 is 6.15 Å². The molecule has 0 amide bonds. The van der Waals surface area contributed by atoms with Crippen molar-refractivity contribution in [2.45, 2.75) is 13.0 Å². The molecule has 3 aromatic rings. The second kappa shape index (κ2) is 7.77. The van der Waals surface area contributed by atoms with E-state index in [1.165, 1.54) is 23.0 Å². The number of hydrogen-bond acceptors (Lipinski definition) is 4. The molecular formula is C17H12BrFN2O3. The molecule has 5 nitrogen and oxygen atoms in total. The van der Waals surface area contributed by atoms with Crippen molar-refractivity contribution >= 4 is 33.0 Å². The van der Waals surface area contributed by atoms with Crippen molar-refractivity contribution in [3.63, 3.8) is 0 Å². The summed E-state index contributed by atoms with van der Waals surface area (Å²) >= 11 is 3.36. The van der Waals surface area contributed by atoms with Crippen molar-refractivity contribution < 1.29 is 14.0 Å². The normalized spacial score (nSPS) is 11.3. The number of nitrogens with zero attached hydrogens (tertiary/aromatic N) is 2. The lowest BCUT2D eigenvalue weighted by atomic mass is 10.1. The molecular weight excluding hydrogens is 379 g/mol. The van der Waals surface area contributed by atoms with Crippen molar-refractivity contribution in [2.24, 2.45) is 0 Å². The summed E-state index contributed by atoms with van der Waals surface area (Å²) in [6.07, 6.45) is 1.76. The van der Waals surface area contributed by atoms with Crippen molar-refractivity contribution in [1.82, 2.24) is 9.55 Å². The highest BCUT2D eigenvalue weighted by atomic mass is 79.9. The summed E-state index contributed by atoms with van der Waals surface area (Å²) in [6, 6.07) is 11.3. The molecule has 7 heteroatoms. The van der Waals surface area contributed by atoms with Gasteiger partial charge in [0.15, 0.2) is 0 Å². The van der Waals surface area contributed by atoms with Crippen LogP contribution in [0.15, 0.2) is 58.1 Å². The molecule has 0 aliphatic carbocycles. The highest BCUT2D eigenvalue weighted by molar-refractivity contribution is 9.10. The van der Waals surface area contributed by atoms with Crippen LogP contribution in [0.5, 0.6) is 0 Å². The predicted molar refractivity (Wildman–Crippen MR) is 88.9 cm³/mol. The summed E-state index contributed by atoms with van der Waals surface area (Å²) in [5, 5.41) is 0.545. The SMILES string of the molecule is CC(c1cccc(F)c1)n1cnc2cc(Br)ccc2c1=O.O=C=O. The predicted octanol–water partition coefficient (Wildman–Crippen LogP) is 3.32. The van der Waals surface area contributed by atoms with Crippen LogP contribution in [-0.2, 0) is 9.59 Å². The number of benzene rings is 2. The zero-order valence-corrected chi connectivity index (χ0v) is 14.2. The minimum Gasteiger partial charge on any atom is -0.291 e. The quantitative estimate of drug-likeness (QED) is 0.672. The molecule has 0 saturated heterocycles. The Morgan fingerprint density at radius 2 is 1.92 bits per heavy atom. The number of fused-ring (bicyclic) bond motifs is 1. The highest BCUT2D eigenvalue weighted by Gasteiger charge is 2.12. The molecule has 2 aromatic carbocycles. The molecule has 0 N–H and O–H groups in total. The van der Waals surface area contributed by atoms with Crippen molar-refractivity contribution in [2.75, 3.05) is 0 Å². The van der Waals surface area contributed by atoms with E-state index in [-0.39, 0.29) is 23.6 Å². The lowest BCUT2D eigenvalue weighted by Crippen LogP contribution is -2.24. The number of rotatable bonds is 2. The molecule has 24 heavy (non-hydrogen) atoms. The van der Waals surface area contributed by atoms with E-state index in [1.54, 1.807) is 24.3 Å². The van der Waals surface area contributed by atoms with Crippen LogP contribution >= 0.6 is 15.9 Å². The van der Waals surface area contributed by atoms with Crippen LogP contribution < -0.4 is 5.56 Å². The molecule has 0 aliphatic heterocycles. The molecule has 1 heterocycles. The molecule has 0 saturated carbocycles. The topological polar surface area (TPSA) is 69.0 Å². The highest BCUT2D eigenvalue weighted by Crippen LogP contribution is 2.19. The molecule has 1 unspecified atom stereocenters. The smallest absolute Gasteiger partial charge is 0.291 e. The molecule has 0 fully saturated rings. The van der Waals surface area contributed by atoms with Gasteiger partial charge in [-0.1, -0.05) is 28.1 Å². The third-order valence-corrected chi connectivity index (χ3v) is 3.99. The molecule has 0 aliphatic rings. The Hall–Kier alpha value is -2.63. The first-order valence-electron chi connectivity index (χ1n) is 6.89. The van der Waals surface area contributed by atoms with E-state index in [1.807, 2.05) is 13.0 Å². The minimum absolute atomic E-state index is 0.135. The van der Waals surface area contributed by atoms with Gasteiger partial charge < -0.3 is 0 Å². The van der Waals surface area contributed by atoms with Gasteiger partial charge in [0.2, 0.25) is 0 Å². The number of halogens is 2. The third kappa shape index (κ3) is 3.82. The van der Waals surface area contributed by atoms with Gasteiger partial charge in [0, 0.05) is 4.47 Å². The van der Waals surface area contributed by atoms with E-state index in [4.69, 9.17) is 9.59 Å². The summed E-state index contributed by atoms with van der Waals surface area (Å²) in [5.74, 6) is -0.315. The Morgan fingerprint density at radius 3 is 2.58 bits per heavy atom. The van der Waals surface area contributed by atoms with Crippen LogP contribution in [0.25, 0.3) is 10.9 Å². The Bertz CT molecular complexity index is 965. The lowest BCUT2D eigenvalue weighted by Gasteiger charge is -2.15. The van der Waals surface area contributed by atoms with Gasteiger partial charge in [0.25, 0.3) is 5.56 Å². The summed E-state index contributed by atoms with van der Waals surface area (Å²) in [4.78, 5) is 33.1. The molecule has 122 valence electrons. The van der Waals surface area contributed by atoms with Gasteiger partial charge in [-0.3, -0.25) is 9.36 Å². The minimum atomic E-state index is -0.315. The maximum absolute atomic E-state index is 13.3. The first-order chi connectivity index (χ1) is 11.5. The third-order valence-electron chi connectivity index (χ3n) is 3.49. The van der Waals surface area contributed by atoms with E-state index in [2.05, 4.69) is 20.9 Å². The second-order valence-electron chi connectivity index (χ2n) is 4.93. The van der Waals surface area contributed by atoms with Gasteiger partial charge in [0.1, 0.15) is 5.82 Å². The van der Waals surface area contributed by atoms with Crippen molar-refractivity contribution in [1.29, 1.82) is 0 Å². The van der Waals surface area contributed by atoms with Crippen molar-refractivity contribution in [3.05, 3.63) is 75.0 Å². The second-order valence-corrected chi connectivity index (χ2v) is 5.85. The Morgan fingerprint density at radius 1 is 1.21 bits per heavy atom. The number of carbonyl (C=O) groups excluding carboxylic acids is 2. The maximum atomic E-state index is 13.3. The average Bonchev–Trinajstić information content (AvgIpc) is 2.55. The van der Waals surface area contributed by atoms with Crippen molar-refractivity contribution in [3.8, 4) is 0 Å². The van der Waals surface area contributed by atoms with E-state index in [0.717, 1.165) is 10.0 Å². The zero-order valence-electron chi connectivity index (χ0n) is 12.6. The standard InChI is InChI=1S/C16H12BrFN2O.CO2/c1-10(11-3-2-4-13(18)7-11)20-9-19-15-8-12(17)5-6-14(15)16(20)21;2-1-3/h2-10H,1H3;. The Labute approximate surface area is 144 Å². The van der Waals surface area contributed by atoms with Gasteiger partial charge in [-0.05, 0) is 42.8 Å². The van der Waals surface area contributed by atoms with Crippen LogP contribution in [0, 0.1) is 5.82 Å². The monoisotopic (exact) mass is 390 g/mol. The van der Waals surface area contributed by atoms with Gasteiger partial charge in [-0.2, -0.15) is 9.59 Å². The summed E-state index contributed by atoms with van der Waals surface area (Å²) in [7, 11) is 0. The van der Waals surface area contributed by atoms with Gasteiger partial charge in [-0.25, -0.2) is 9.37 Å². The lowest BCUT2D eigenvalue weighted by molar-refractivity contribution is -0.191. The van der Waals surface area contributed by atoms with Crippen LogP contribution in [0.3, 0.4) is 0 Å². The van der Waals surface area contributed by atoms with Gasteiger partial charge in [-0.15, -0.1) is 0 Å². The Balaban J connectivity index is 0.000000647. The van der Waals surface area contributed by atoms with E-state index in [9.17, 15) is 9.18 Å². The molecule has 0 radical (unpaired) electrons. The summed E-state index contributed by atoms with van der Waals surface area (Å²) < 4.78 is 15.7. The average molecular weight is 391 g/mol. The van der Waals surface area contributed by atoms with E-state index < -0.39 is 0 Å². The molecule has 0 bridgehead atoms. The largest absolute Gasteiger partial charge is 0.373 e. The van der Waals surface area contributed by atoms with Crippen LogP contribution in [-0.4, -0.2) is 15.7 Å². The van der Waals surface area contributed by atoms with Crippen LogP contribution in [0.1, 0.15) is 18.5 Å². The first kappa shape index (κ1) is 17.7. The molecule has 3 rings (SSSR count). The zero-order chi connectivity index (χ0) is 17.7. The summed E-state index contributed by atoms with van der Waals surface area (Å²) in [6.45, 7) is 1.85. The first-order valence-corrected chi connectivity index (χ1v) is 7.68. The van der Waals surface area contributed by atoms with E-state index >= 15 is 0 Å². The fourth-order valence-electron chi connectivity index (χ4n) is 2.31. The molecule has 1 aromatic heterocycles. The maximum Gasteiger partial charge on any atom is 0.373 e. The van der Waals surface area contributed by atoms with Crippen LogP contribution in [0.2, 0.25) is 0 Å².